The van der Waals surface area contributed by atoms with Crippen molar-refractivity contribution in [3.8, 4) is 0 Å². The summed E-state index contributed by atoms with van der Waals surface area (Å²) in [6.45, 7) is 9.68. The second-order valence-corrected chi connectivity index (χ2v) is 6.52. The largest absolute Gasteiger partial charge is 0.372 e. The molecule has 0 amide bonds. The zero-order valence-corrected chi connectivity index (χ0v) is 12.2. The molecule has 0 aromatic rings. The van der Waals surface area contributed by atoms with E-state index < -0.39 is 6.29 Å². The lowest BCUT2D eigenvalue weighted by atomic mass is 9.94. The third-order valence-corrected chi connectivity index (χ3v) is 3.81. The molecule has 0 radical (unpaired) electrons. The molecular weight excluding hydrogens is 242 g/mol. The van der Waals surface area contributed by atoms with Gasteiger partial charge in [-0.05, 0) is 46.5 Å². The summed E-state index contributed by atoms with van der Waals surface area (Å²) >= 11 is 0. The summed E-state index contributed by atoms with van der Waals surface area (Å²) in [6, 6.07) is 0. The molecule has 108 valence electrons. The molecule has 0 N–H and O–H groups in total. The lowest BCUT2D eigenvalue weighted by Crippen LogP contribution is -2.41. The van der Waals surface area contributed by atoms with E-state index in [1.54, 1.807) is 0 Å². The standard InChI is InChI=1S/C15H25NO3/c1-5-6-7-11-8-9-12-10-13(18-15(2,3)4)19-16(17)14(11)12/h5,11-13H,1,6-10H2,2-4H3/t11-,12-,13+/m0/s1. The molecule has 0 bridgehead atoms. The van der Waals surface area contributed by atoms with Gasteiger partial charge < -0.3 is 9.57 Å². The van der Waals surface area contributed by atoms with Crippen LogP contribution in [0.1, 0.15) is 52.9 Å². The van der Waals surface area contributed by atoms with Crippen LogP contribution in [0.4, 0.5) is 0 Å². The van der Waals surface area contributed by atoms with E-state index in [1.807, 2.05) is 26.8 Å². The van der Waals surface area contributed by atoms with Crippen LogP contribution in [0.2, 0.25) is 0 Å². The van der Waals surface area contributed by atoms with Crippen molar-refractivity contribution in [3.05, 3.63) is 17.9 Å². The van der Waals surface area contributed by atoms with Gasteiger partial charge in [0.1, 0.15) is 0 Å². The third kappa shape index (κ3) is 3.50. The van der Waals surface area contributed by atoms with Gasteiger partial charge >= 0.3 is 0 Å². The van der Waals surface area contributed by atoms with E-state index in [9.17, 15) is 5.21 Å². The molecular formula is C15H25NO3. The van der Waals surface area contributed by atoms with Gasteiger partial charge in [0, 0.05) is 23.2 Å². The summed E-state index contributed by atoms with van der Waals surface area (Å²) < 4.78 is 5.78. The van der Waals surface area contributed by atoms with E-state index in [-0.39, 0.29) is 5.60 Å². The van der Waals surface area contributed by atoms with Gasteiger partial charge in [-0.15, -0.1) is 6.58 Å². The molecule has 1 saturated carbocycles. The summed E-state index contributed by atoms with van der Waals surface area (Å²) in [6.07, 6.45) is 6.42. The molecule has 0 aromatic carbocycles. The van der Waals surface area contributed by atoms with E-state index in [4.69, 9.17) is 9.57 Å². The second kappa shape index (κ2) is 5.53. The fraction of sp³-hybridized carbons (Fsp3) is 0.800. The third-order valence-electron chi connectivity index (χ3n) is 3.81. The van der Waals surface area contributed by atoms with Crippen molar-refractivity contribution in [2.24, 2.45) is 11.8 Å². The summed E-state index contributed by atoms with van der Waals surface area (Å²) in [7, 11) is 0. The zero-order valence-electron chi connectivity index (χ0n) is 12.2. The first-order valence-corrected chi connectivity index (χ1v) is 7.20. The number of ether oxygens (including phenoxy) is 1. The van der Waals surface area contributed by atoms with Gasteiger partial charge in [-0.25, -0.2) is 0 Å². The first-order valence-electron chi connectivity index (χ1n) is 7.20. The Kier molecular flexibility index (Phi) is 4.19. The van der Waals surface area contributed by atoms with Crippen LogP contribution in [-0.4, -0.2) is 22.5 Å². The van der Waals surface area contributed by atoms with Crippen molar-refractivity contribution in [1.82, 2.24) is 0 Å². The molecule has 1 heterocycles. The Morgan fingerprint density at radius 1 is 1.47 bits per heavy atom. The van der Waals surface area contributed by atoms with Crippen molar-refractivity contribution >= 4 is 5.71 Å². The topological polar surface area (TPSA) is 44.5 Å². The van der Waals surface area contributed by atoms with Crippen molar-refractivity contribution in [1.29, 1.82) is 0 Å². The fourth-order valence-electron chi connectivity index (χ4n) is 3.09. The Morgan fingerprint density at radius 2 is 2.21 bits per heavy atom. The molecule has 1 aliphatic carbocycles. The van der Waals surface area contributed by atoms with Gasteiger partial charge in [0.25, 0.3) is 0 Å². The van der Waals surface area contributed by atoms with E-state index in [2.05, 4.69) is 6.58 Å². The highest BCUT2D eigenvalue weighted by atomic mass is 16.9. The van der Waals surface area contributed by atoms with E-state index in [0.29, 0.717) is 11.8 Å². The summed E-state index contributed by atoms with van der Waals surface area (Å²) in [5.74, 6) is 0.685. The number of hydrogen-bond acceptors (Lipinski definition) is 3. The molecule has 4 nitrogen and oxygen atoms in total. The summed E-state index contributed by atoms with van der Waals surface area (Å²) in [5.41, 5.74) is 0.639. The van der Waals surface area contributed by atoms with E-state index >= 15 is 0 Å². The Morgan fingerprint density at radius 3 is 2.84 bits per heavy atom. The molecule has 0 unspecified atom stereocenters. The fourth-order valence-corrected chi connectivity index (χ4v) is 3.09. The van der Waals surface area contributed by atoms with Crippen molar-refractivity contribution in [3.63, 3.8) is 0 Å². The Hall–Kier alpha value is -1.03. The maximum absolute atomic E-state index is 12.1. The molecule has 1 fully saturated rings. The van der Waals surface area contributed by atoms with E-state index in [1.165, 1.54) is 0 Å². The average Bonchev–Trinajstić information content (AvgIpc) is 2.67. The van der Waals surface area contributed by atoms with Crippen LogP contribution in [0.5, 0.6) is 0 Å². The van der Waals surface area contributed by atoms with Crippen LogP contribution in [0.15, 0.2) is 12.7 Å². The number of rotatable bonds is 4. The van der Waals surface area contributed by atoms with Crippen molar-refractivity contribution < 1.29 is 14.5 Å². The minimum atomic E-state index is -0.413. The maximum Gasteiger partial charge on any atom is 0.228 e. The molecule has 1 aliphatic heterocycles. The van der Waals surface area contributed by atoms with Gasteiger partial charge in [0.2, 0.25) is 5.71 Å². The van der Waals surface area contributed by atoms with Gasteiger partial charge in [-0.3, -0.25) is 5.21 Å². The number of allylic oxidation sites excluding steroid dienone is 1. The van der Waals surface area contributed by atoms with Crippen LogP contribution < -0.4 is 0 Å². The minimum Gasteiger partial charge on any atom is -0.372 e. The highest BCUT2D eigenvalue weighted by Gasteiger charge is 2.44. The predicted octanol–water partition coefficient (Wildman–Crippen LogP) is 3.41. The summed E-state index contributed by atoms with van der Waals surface area (Å²) in [4.78, 5) is 6.12. The molecule has 0 spiro atoms. The first-order chi connectivity index (χ1) is 8.90. The number of fused-ring (bicyclic) bond motifs is 1. The SMILES string of the molecule is C=CCC[C@H]1CC[C@H]2C[C@H](OC(C)(C)C)O[N+]([O-])=C12. The monoisotopic (exact) mass is 267 g/mol. The lowest BCUT2D eigenvalue weighted by molar-refractivity contribution is -0.775. The normalized spacial score (nSPS) is 31.0. The van der Waals surface area contributed by atoms with Gasteiger partial charge in [0.15, 0.2) is 6.29 Å². The smallest absolute Gasteiger partial charge is 0.228 e. The number of hydrogen-bond donors (Lipinski definition) is 0. The average molecular weight is 267 g/mol. The van der Waals surface area contributed by atoms with Gasteiger partial charge in [0.05, 0.1) is 5.60 Å². The molecule has 0 saturated heterocycles. The van der Waals surface area contributed by atoms with Crippen molar-refractivity contribution in [2.75, 3.05) is 0 Å². The first kappa shape index (κ1) is 14.4. The van der Waals surface area contributed by atoms with E-state index in [0.717, 1.165) is 42.7 Å². The lowest BCUT2D eigenvalue weighted by Gasteiger charge is -2.33. The molecule has 19 heavy (non-hydrogen) atoms. The molecule has 2 aliphatic rings. The van der Waals surface area contributed by atoms with Crippen molar-refractivity contribution in [2.45, 2.75) is 64.8 Å². The zero-order chi connectivity index (χ0) is 14.0. The summed E-state index contributed by atoms with van der Waals surface area (Å²) in [5, 5.41) is 12.1. The highest BCUT2D eigenvalue weighted by Crippen LogP contribution is 2.38. The Balaban J connectivity index is 2.04. The molecule has 0 aromatic heterocycles. The van der Waals surface area contributed by atoms with Crippen LogP contribution in [0.25, 0.3) is 0 Å². The molecule has 3 atom stereocenters. The van der Waals surface area contributed by atoms with Crippen LogP contribution in [0, 0.1) is 17.0 Å². The second-order valence-electron chi connectivity index (χ2n) is 6.52. The van der Waals surface area contributed by atoms with Crippen LogP contribution in [0.3, 0.4) is 0 Å². The quantitative estimate of drug-likeness (QED) is 0.579. The van der Waals surface area contributed by atoms with Gasteiger partial charge in [-0.1, -0.05) is 6.08 Å². The highest BCUT2D eigenvalue weighted by molar-refractivity contribution is 5.86. The Bertz CT molecular complexity index is 370. The Labute approximate surface area is 115 Å². The van der Waals surface area contributed by atoms with Gasteiger partial charge in [-0.2, -0.15) is 0 Å². The minimum absolute atomic E-state index is 0.288. The number of nitrogens with zero attached hydrogens (tertiary/aromatic N) is 1. The molecule has 2 rings (SSSR count). The predicted molar refractivity (Wildman–Crippen MR) is 74.6 cm³/mol. The van der Waals surface area contributed by atoms with Crippen LogP contribution in [-0.2, 0) is 9.57 Å². The maximum atomic E-state index is 12.1. The molecule has 4 heteroatoms. The van der Waals surface area contributed by atoms with Crippen LogP contribution >= 0.6 is 0 Å².